The first-order chi connectivity index (χ1) is 6.77. The van der Waals surface area contributed by atoms with Crippen LogP contribution < -0.4 is 0 Å². The number of esters is 1. The van der Waals surface area contributed by atoms with E-state index in [4.69, 9.17) is 16.3 Å². The predicted molar refractivity (Wildman–Crippen MR) is 54.5 cm³/mol. The van der Waals surface area contributed by atoms with Gasteiger partial charge in [0.2, 0.25) is 0 Å². The first kappa shape index (κ1) is 9.80. The molecule has 5 heteroatoms. The van der Waals surface area contributed by atoms with Gasteiger partial charge in [-0.1, -0.05) is 23.4 Å². The Morgan fingerprint density at radius 3 is 3.14 bits per heavy atom. The van der Waals surface area contributed by atoms with E-state index < -0.39 is 0 Å². The molecule has 0 unspecified atom stereocenters. The smallest absolute Gasteiger partial charge is 0.319 e. The molecule has 0 N–H and O–H groups in total. The van der Waals surface area contributed by atoms with E-state index in [1.54, 1.807) is 18.3 Å². The maximum Gasteiger partial charge on any atom is 0.319 e. The molecular formula is C9H8ClNO2S. The van der Waals surface area contributed by atoms with Crippen LogP contribution in [0.15, 0.2) is 23.4 Å². The van der Waals surface area contributed by atoms with Crippen molar-refractivity contribution in [2.45, 2.75) is 16.7 Å². The Bertz CT molecular complexity index is 358. The van der Waals surface area contributed by atoms with Crippen LogP contribution >= 0.6 is 23.4 Å². The van der Waals surface area contributed by atoms with Crippen molar-refractivity contribution in [3.63, 3.8) is 0 Å². The summed E-state index contributed by atoms with van der Waals surface area (Å²) < 4.78 is 4.85. The van der Waals surface area contributed by atoms with E-state index >= 15 is 0 Å². The fraction of sp³-hybridized carbons (Fsp3) is 0.333. The minimum Gasteiger partial charge on any atom is -0.465 e. The van der Waals surface area contributed by atoms with Crippen LogP contribution in [0.5, 0.6) is 0 Å². The molecule has 74 valence electrons. The van der Waals surface area contributed by atoms with E-state index in [1.165, 1.54) is 11.8 Å². The third kappa shape index (κ3) is 2.01. The van der Waals surface area contributed by atoms with Crippen LogP contribution in [0.1, 0.15) is 6.42 Å². The number of pyridine rings is 1. The molecule has 2 rings (SSSR count). The SMILES string of the molecule is O=C1OCC[C@H]1Sc1ncccc1Cl. The summed E-state index contributed by atoms with van der Waals surface area (Å²) in [7, 11) is 0. The highest BCUT2D eigenvalue weighted by Gasteiger charge is 2.28. The van der Waals surface area contributed by atoms with Crippen molar-refractivity contribution in [3.8, 4) is 0 Å². The number of carbonyl (C=O) groups excluding carboxylic acids is 1. The van der Waals surface area contributed by atoms with Gasteiger partial charge in [-0.15, -0.1) is 0 Å². The number of carbonyl (C=O) groups is 1. The number of rotatable bonds is 2. The fourth-order valence-corrected chi connectivity index (χ4v) is 2.38. The maximum atomic E-state index is 11.2. The summed E-state index contributed by atoms with van der Waals surface area (Å²) in [6.07, 6.45) is 2.39. The van der Waals surface area contributed by atoms with Gasteiger partial charge in [-0.25, -0.2) is 4.98 Å². The van der Waals surface area contributed by atoms with Crippen molar-refractivity contribution >= 4 is 29.3 Å². The molecule has 0 spiro atoms. The molecule has 1 aliphatic heterocycles. The summed E-state index contributed by atoms with van der Waals surface area (Å²) in [4.78, 5) is 15.3. The summed E-state index contributed by atoms with van der Waals surface area (Å²) in [5.41, 5.74) is 0. The molecule has 0 bridgehead atoms. The molecule has 0 radical (unpaired) electrons. The summed E-state index contributed by atoms with van der Waals surface area (Å²) in [5.74, 6) is -0.170. The van der Waals surface area contributed by atoms with E-state index in [2.05, 4.69) is 4.98 Å². The van der Waals surface area contributed by atoms with Crippen molar-refractivity contribution in [2.75, 3.05) is 6.61 Å². The van der Waals surface area contributed by atoms with Crippen LogP contribution in [0.3, 0.4) is 0 Å². The van der Waals surface area contributed by atoms with Crippen molar-refractivity contribution in [3.05, 3.63) is 23.4 Å². The number of halogens is 1. The molecule has 0 aromatic carbocycles. The van der Waals surface area contributed by atoms with Gasteiger partial charge in [0.25, 0.3) is 0 Å². The normalized spacial score (nSPS) is 20.9. The van der Waals surface area contributed by atoms with Gasteiger partial charge in [-0.05, 0) is 12.1 Å². The molecule has 1 fully saturated rings. The topological polar surface area (TPSA) is 39.2 Å². The van der Waals surface area contributed by atoms with Crippen LogP contribution in [0.25, 0.3) is 0 Å². The predicted octanol–water partition coefficient (Wildman–Crippen LogP) is 2.14. The van der Waals surface area contributed by atoms with Gasteiger partial charge in [0.05, 0.1) is 11.6 Å². The largest absolute Gasteiger partial charge is 0.465 e. The van der Waals surface area contributed by atoms with E-state index in [9.17, 15) is 4.79 Å². The summed E-state index contributed by atoms with van der Waals surface area (Å²) in [6.45, 7) is 0.501. The van der Waals surface area contributed by atoms with E-state index in [0.29, 0.717) is 16.7 Å². The highest BCUT2D eigenvalue weighted by Crippen LogP contribution is 2.32. The summed E-state index contributed by atoms with van der Waals surface area (Å²) >= 11 is 7.28. The lowest BCUT2D eigenvalue weighted by atomic mass is 10.4. The Balaban J connectivity index is 2.10. The first-order valence-corrected chi connectivity index (χ1v) is 5.47. The molecule has 1 saturated heterocycles. The Morgan fingerprint density at radius 2 is 2.50 bits per heavy atom. The van der Waals surface area contributed by atoms with Gasteiger partial charge in [-0.3, -0.25) is 4.79 Å². The lowest BCUT2D eigenvalue weighted by Gasteiger charge is -2.05. The lowest BCUT2D eigenvalue weighted by Crippen LogP contribution is -2.09. The minimum absolute atomic E-state index is 0.151. The standard InChI is InChI=1S/C9H8ClNO2S/c10-6-2-1-4-11-8(6)14-7-3-5-13-9(7)12/h1-2,4,7H,3,5H2/t7-/m1/s1. The Hall–Kier alpha value is -0.740. The molecule has 1 aromatic heterocycles. The number of ether oxygens (including phenoxy) is 1. The van der Waals surface area contributed by atoms with Crippen molar-refractivity contribution < 1.29 is 9.53 Å². The highest BCUT2D eigenvalue weighted by atomic mass is 35.5. The second-order valence-electron chi connectivity index (χ2n) is 2.85. The Morgan fingerprint density at radius 1 is 1.64 bits per heavy atom. The van der Waals surface area contributed by atoms with Gasteiger partial charge in [0.15, 0.2) is 0 Å². The molecule has 1 atom stereocenters. The zero-order valence-corrected chi connectivity index (χ0v) is 8.85. The molecule has 1 aromatic rings. The van der Waals surface area contributed by atoms with E-state index in [0.717, 1.165) is 6.42 Å². The van der Waals surface area contributed by atoms with Gasteiger partial charge in [0.1, 0.15) is 10.3 Å². The molecule has 1 aliphatic rings. The maximum absolute atomic E-state index is 11.2. The molecule has 3 nitrogen and oxygen atoms in total. The monoisotopic (exact) mass is 229 g/mol. The van der Waals surface area contributed by atoms with Gasteiger partial charge < -0.3 is 4.74 Å². The van der Waals surface area contributed by atoms with Crippen molar-refractivity contribution in [2.24, 2.45) is 0 Å². The number of hydrogen-bond acceptors (Lipinski definition) is 4. The fourth-order valence-electron chi connectivity index (χ4n) is 1.18. The molecule has 0 saturated carbocycles. The second-order valence-corrected chi connectivity index (χ2v) is 4.45. The lowest BCUT2D eigenvalue weighted by molar-refractivity contribution is -0.137. The molecular weight excluding hydrogens is 222 g/mol. The first-order valence-electron chi connectivity index (χ1n) is 4.21. The van der Waals surface area contributed by atoms with Crippen LogP contribution in [0.2, 0.25) is 5.02 Å². The third-order valence-electron chi connectivity index (χ3n) is 1.87. The number of aromatic nitrogens is 1. The zero-order chi connectivity index (χ0) is 9.97. The zero-order valence-electron chi connectivity index (χ0n) is 7.27. The van der Waals surface area contributed by atoms with Crippen LogP contribution in [-0.4, -0.2) is 22.8 Å². The molecule has 0 aliphatic carbocycles. The molecule has 14 heavy (non-hydrogen) atoms. The Labute approximate surface area is 90.8 Å². The summed E-state index contributed by atoms with van der Waals surface area (Å²) in [6, 6.07) is 3.52. The van der Waals surface area contributed by atoms with Crippen molar-refractivity contribution in [1.82, 2.24) is 4.98 Å². The third-order valence-corrected chi connectivity index (χ3v) is 3.54. The van der Waals surface area contributed by atoms with Gasteiger partial charge >= 0.3 is 5.97 Å². The van der Waals surface area contributed by atoms with E-state index in [-0.39, 0.29) is 11.2 Å². The molecule has 2 heterocycles. The second kappa shape index (κ2) is 4.19. The van der Waals surface area contributed by atoms with Crippen LogP contribution in [0.4, 0.5) is 0 Å². The van der Waals surface area contributed by atoms with Crippen molar-refractivity contribution in [1.29, 1.82) is 0 Å². The average molecular weight is 230 g/mol. The number of hydrogen-bond donors (Lipinski definition) is 0. The van der Waals surface area contributed by atoms with Crippen LogP contribution in [0, 0.1) is 0 Å². The Kier molecular flexibility index (Phi) is 2.93. The highest BCUT2D eigenvalue weighted by molar-refractivity contribution is 8.00. The van der Waals surface area contributed by atoms with Gasteiger partial charge in [0, 0.05) is 12.6 Å². The quantitative estimate of drug-likeness (QED) is 0.729. The van der Waals surface area contributed by atoms with Gasteiger partial charge in [-0.2, -0.15) is 0 Å². The number of cyclic esters (lactones) is 1. The molecule has 0 amide bonds. The summed E-state index contributed by atoms with van der Waals surface area (Å²) in [5, 5.41) is 1.12. The van der Waals surface area contributed by atoms with E-state index in [1.807, 2.05) is 0 Å². The average Bonchev–Trinajstić information content (AvgIpc) is 2.56. The minimum atomic E-state index is -0.170. The number of thioether (sulfide) groups is 1. The van der Waals surface area contributed by atoms with Crippen LogP contribution in [-0.2, 0) is 9.53 Å². The number of nitrogens with zero attached hydrogens (tertiary/aromatic N) is 1.